The van der Waals surface area contributed by atoms with Gasteiger partial charge in [-0.2, -0.15) is 0 Å². The third-order valence-electron chi connectivity index (χ3n) is 4.28. The van der Waals surface area contributed by atoms with Crippen molar-refractivity contribution < 1.29 is 19.0 Å². The highest BCUT2D eigenvalue weighted by atomic mass is 16.7. The Morgan fingerprint density at radius 2 is 2.07 bits per heavy atom. The van der Waals surface area contributed by atoms with Crippen molar-refractivity contribution in [1.82, 2.24) is 10.3 Å². The molecular formula is C20H24N2O5. The van der Waals surface area contributed by atoms with Crippen molar-refractivity contribution in [2.75, 3.05) is 13.7 Å². The second-order valence-corrected chi connectivity index (χ2v) is 6.32. The van der Waals surface area contributed by atoms with Gasteiger partial charge in [0.25, 0.3) is 5.91 Å². The zero-order valence-corrected chi connectivity index (χ0v) is 15.3. The summed E-state index contributed by atoms with van der Waals surface area (Å²) in [6.07, 6.45) is 2.63. The summed E-state index contributed by atoms with van der Waals surface area (Å²) in [5.74, 6) is -0.429. The zero-order valence-electron chi connectivity index (χ0n) is 15.3. The lowest BCUT2D eigenvalue weighted by molar-refractivity contribution is -0.169. The molecular weight excluding hydrogens is 348 g/mol. The van der Waals surface area contributed by atoms with Gasteiger partial charge >= 0.3 is 0 Å². The second-order valence-electron chi connectivity index (χ2n) is 6.32. The molecule has 1 unspecified atom stereocenters. The van der Waals surface area contributed by atoms with E-state index in [1.165, 1.54) is 13.1 Å². The molecule has 1 aliphatic heterocycles. The number of aromatic amines is 1. The van der Waals surface area contributed by atoms with Crippen LogP contribution in [0.25, 0.3) is 0 Å². The molecule has 1 atom stereocenters. The predicted octanol–water partition coefficient (Wildman–Crippen LogP) is 2.36. The largest absolute Gasteiger partial charge is 0.483 e. The highest BCUT2D eigenvalue weighted by Crippen LogP contribution is 2.17. The fourth-order valence-electron chi connectivity index (χ4n) is 2.86. The molecule has 1 fully saturated rings. The van der Waals surface area contributed by atoms with Gasteiger partial charge in [-0.25, -0.2) is 0 Å². The molecule has 1 saturated heterocycles. The van der Waals surface area contributed by atoms with Crippen molar-refractivity contribution >= 4 is 5.91 Å². The molecule has 0 bridgehead atoms. The fourth-order valence-corrected chi connectivity index (χ4v) is 2.86. The van der Waals surface area contributed by atoms with E-state index in [-0.39, 0.29) is 36.4 Å². The van der Waals surface area contributed by atoms with Crippen molar-refractivity contribution in [2.24, 2.45) is 0 Å². The summed E-state index contributed by atoms with van der Waals surface area (Å²) in [7, 11) is 1.50. The molecule has 7 nitrogen and oxygen atoms in total. The average molecular weight is 372 g/mol. The molecule has 0 aliphatic carbocycles. The quantitative estimate of drug-likeness (QED) is 0.779. The molecule has 2 aromatic rings. The first-order chi connectivity index (χ1) is 13.2. The van der Waals surface area contributed by atoms with Crippen molar-refractivity contribution in [1.29, 1.82) is 0 Å². The first-order valence-corrected chi connectivity index (χ1v) is 9.05. The van der Waals surface area contributed by atoms with E-state index >= 15 is 0 Å². The predicted molar refractivity (Wildman–Crippen MR) is 99.6 cm³/mol. The molecule has 27 heavy (non-hydrogen) atoms. The summed E-state index contributed by atoms with van der Waals surface area (Å²) in [6, 6.07) is 10.8. The maximum absolute atomic E-state index is 12.5. The second kappa shape index (κ2) is 9.34. The number of amides is 1. The number of rotatable bonds is 7. The first kappa shape index (κ1) is 19.1. The van der Waals surface area contributed by atoms with Crippen molar-refractivity contribution in [3.8, 4) is 5.75 Å². The Kier molecular flexibility index (Phi) is 6.62. The Morgan fingerprint density at radius 1 is 1.26 bits per heavy atom. The van der Waals surface area contributed by atoms with Crippen LogP contribution in [0.1, 0.15) is 41.0 Å². The number of carbonyl (C=O) groups is 1. The Hall–Kier alpha value is -2.64. The lowest BCUT2D eigenvalue weighted by Crippen LogP contribution is -2.26. The van der Waals surface area contributed by atoms with Crippen LogP contribution in [0.3, 0.4) is 0 Å². The van der Waals surface area contributed by atoms with E-state index in [1.807, 2.05) is 30.3 Å². The van der Waals surface area contributed by atoms with Gasteiger partial charge in [0.1, 0.15) is 6.61 Å². The first-order valence-electron chi connectivity index (χ1n) is 9.05. The van der Waals surface area contributed by atoms with Crippen LogP contribution >= 0.6 is 0 Å². The van der Waals surface area contributed by atoms with Crippen LogP contribution in [0.4, 0.5) is 0 Å². The van der Waals surface area contributed by atoms with E-state index in [0.29, 0.717) is 12.3 Å². The monoisotopic (exact) mass is 372 g/mol. The number of benzene rings is 1. The van der Waals surface area contributed by atoms with E-state index in [1.54, 1.807) is 0 Å². The van der Waals surface area contributed by atoms with Gasteiger partial charge < -0.3 is 24.5 Å². The summed E-state index contributed by atoms with van der Waals surface area (Å²) in [6.45, 7) is 1.03. The van der Waals surface area contributed by atoms with Gasteiger partial charge in [-0.3, -0.25) is 9.59 Å². The van der Waals surface area contributed by atoms with E-state index in [2.05, 4.69) is 10.3 Å². The molecule has 3 rings (SSSR count). The van der Waals surface area contributed by atoms with Crippen LogP contribution in [0.15, 0.2) is 41.2 Å². The highest BCUT2D eigenvalue weighted by molar-refractivity contribution is 5.94. The van der Waals surface area contributed by atoms with Gasteiger partial charge in [0.15, 0.2) is 17.7 Å². The summed E-state index contributed by atoms with van der Waals surface area (Å²) in [5.41, 5.74) is 1.12. The summed E-state index contributed by atoms with van der Waals surface area (Å²) in [4.78, 5) is 27.7. The number of carbonyl (C=O) groups excluding carboxylic acids is 1. The van der Waals surface area contributed by atoms with Crippen LogP contribution in [0.2, 0.25) is 0 Å². The number of H-pyrrole nitrogens is 1. The Balaban J connectivity index is 1.76. The van der Waals surface area contributed by atoms with Crippen LogP contribution in [-0.4, -0.2) is 30.8 Å². The fraction of sp³-hybridized carbons (Fsp3) is 0.400. The van der Waals surface area contributed by atoms with Crippen LogP contribution < -0.4 is 15.5 Å². The molecule has 2 heterocycles. The number of hydrogen-bond acceptors (Lipinski definition) is 5. The highest BCUT2D eigenvalue weighted by Gasteiger charge is 2.19. The molecule has 1 aliphatic rings. The minimum atomic E-state index is -0.425. The number of aromatic nitrogens is 1. The number of ether oxygens (including phenoxy) is 3. The van der Waals surface area contributed by atoms with Gasteiger partial charge in [0.05, 0.1) is 6.61 Å². The van der Waals surface area contributed by atoms with E-state index in [4.69, 9.17) is 14.2 Å². The molecule has 0 saturated carbocycles. The molecule has 0 spiro atoms. The minimum Gasteiger partial charge on any atom is -0.483 e. The maximum atomic E-state index is 12.5. The zero-order chi connectivity index (χ0) is 19.1. The minimum absolute atomic E-state index is 0.00382. The SMILES string of the molecule is CNC(=O)c1[nH]c(COC2CCCCO2)cc(=O)c1OCc1ccccc1. The standard InChI is InChI=1S/C20H24N2O5/c1-21-20(24)18-19(27-12-14-7-3-2-4-8-14)16(23)11-15(22-18)13-26-17-9-5-6-10-25-17/h2-4,7-8,11,17H,5-6,9-10,12-13H2,1H3,(H,21,24)(H,22,23). The molecule has 1 amide bonds. The van der Waals surface area contributed by atoms with Gasteiger partial charge in [0.2, 0.25) is 5.43 Å². The van der Waals surface area contributed by atoms with Crippen LogP contribution in [0, 0.1) is 0 Å². The van der Waals surface area contributed by atoms with Crippen molar-refractivity contribution in [3.05, 3.63) is 63.6 Å². The van der Waals surface area contributed by atoms with Gasteiger partial charge in [0, 0.05) is 25.4 Å². The number of pyridine rings is 1. The van der Waals surface area contributed by atoms with Gasteiger partial charge in [-0.1, -0.05) is 30.3 Å². The van der Waals surface area contributed by atoms with E-state index < -0.39 is 5.91 Å². The molecule has 0 radical (unpaired) electrons. The summed E-state index contributed by atoms with van der Waals surface area (Å²) >= 11 is 0. The molecule has 1 aromatic carbocycles. The third-order valence-corrected chi connectivity index (χ3v) is 4.28. The Labute approximate surface area is 157 Å². The van der Waals surface area contributed by atoms with Gasteiger partial charge in [-0.15, -0.1) is 0 Å². The molecule has 7 heteroatoms. The summed E-state index contributed by atoms with van der Waals surface area (Å²) < 4.78 is 16.9. The Morgan fingerprint density at radius 3 is 2.78 bits per heavy atom. The lowest BCUT2D eigenvalue weighted by Gasteiger charge is -2.22. The molecule has 2 N–H and O–H groups in total. The lowest BCUT2D eigenvalue weighted by atomic mass is 10.2. The third kappa shape index (κ3) is 5.18. The van der Waals surface area contributed by atoms with E-state index in [0.717, 1.165) is 24.8 Å². The average Bonchev–Trinajstić information content (AvgIpc) is 2.72. The summed E-state index contributed by atoms with van der Waals surface area (Å²) in [5, 5.41) is 2.53. The normalized spacial score (nSPS) is 16.7. The maximum Gasteiger partial charge on any atom is 0.271 e. The molecule has 144 valence electrons. The van der Waals surface area contributed by atoms with Crippen molar-refractivity contribution in [2.45, 2.75) is 38.8 Å². The topological polar surface area (TPSA) is 89.7 Å². The molecule has 1 aromatic heterocycles. The Bertz CT molecular complexity index is 813. The number of hydrogen-bond donors (Lipinski definition) is 2. The number of nitrogens with one attached hydrogen (secondary N) is 2. The van der Waals surface area contributed by atoms with E-state index in [9.17, 15) is 9.59 Å². The van der Waals surface area contributed by atoms with Crippen LogP contribution in [-0.2, 0) is 22.7 Å². The van der Waals surface area contributed by atoms with Crippen molar-refractivity contribution in [3.63, 3.8) is 0 Å². The van der Waals surface area contributed by atoms with Gasteiger partial charge in [-0.05, 0) is 24.8 Å². The van der Waals surface area contributed by atoms with Crippen LogP contribution in [0.5, 0.6) is 5.75 Å². The smallest absolute Gasteiger partial charge is 0.271 e.